The Labute approximate surface area is 181 Å². The van der Waals surface area contributed by atoms with Crippen molar-refractivity contribution in [3.63, 3.8) is 0 Å². The number of amides is 1. The molecular weight excluding hydrogens is 376 g/mol. The second kappa shape index (κ2) is 11.2. The first-order valence-electron chi connectivity index (χ1n) is 11.8. The number of carbonyl (C=O) groups excluding carboxylic acids is 1. The molecule has 4 rings (SSSR count). The van der Waals surface area contributed by atoms with E-state index in [1.165, 1.54) is 18.4 Å². The van der Waals surface area contributed by atoms with Gasteiger partial charge in [0.1, 0.15) is 0 Å². The van der Waals surface area contributed by atoms with Crippen molar-refractivity contribution in [3.8, 4) is 0 Å². The van der Waals surface area contributed by atoms with E-state index in [2.05, 4.69) is 36.4 Å². The van der Waals surface area contributed by atoms with Gasteiger partial charge in [0.05, 0.1) is 5.92 Å². The van der Waals surface area contributed by atoms with Crippen LogP contribution in [0.5, 0.6) is 0 Å². The van der Waals surface area contributed by atoms with Crippen LogP contribution in [0.3, 0.4) is 0 Å². The first-order valence-corrected chi connectivity index (χ1v) is 11.8. The van der Waals surface area contributed by atoms with Gasteiger partial charge < -0.3 is 10.6 Å². The molecule has 0 unspecified atom stereocenters. The molecule has 0 aliphatic carbocycles. The summed E-state index contributed by atoms with van der Waals surface area (Å²) in [5.41, 5.74) is 1.30. The van der Waals surface area contributed by atoms with Crippen molar-refractivity contribution in [2.75, 3.05) is 65.4 Å². The number of carbonyl (C=O) groups is 1. The minimum Gasteiger partial charge on any atom is -0.355 e. The molecule has 1 aromatic heterocycles. The summed E-state index contributed by atoms with van der Waals surface area (Å²) in [5, 5.41) is 6.59. The molecular formula is C23H38N6O. The number of aromatic nitrogens is 1. The summed E-state index contributed by atoms with van der Waals surface area (Å²) in [6.07, 6.45) is 8.41. The molecule has 1 amide bonds. The molecule has 0 radical (unpaired) electrons. The van der Waals surface area contributed by atoms with Crippen molar-refractivity contribution in [2.24, 2.45) is 5.92 Å². The minimum absolute atomic E-state index is 0.162. The zero-order valence-electron chi connectivity index (χ0n) is 18.3. The Bertz CT molecular complexity index is 642. The van der Waals surface area contributed by atoms with Gasteiger partial charge in [-0.1, -0.05) is 6.07 Å². The largest absolute Gasteiger partial charge is 0.355 e. The zero-order chi connectivity index (χ0) is 20.6. The molecule has 0 bridgehead atoms. The van der Waals surface area contributed by atoms with E-state index in [1.807, 2.05) is 18.5 Å². The fraction of sp³-hybridized carbons (Fsp3) is 0.739. The molecule has 3 saturated heterocycles. The summed E-state index contributed by atoms with van der Waals surface area (Å²) >= 11 is 0. The molecule has 3 aliphatic rings. The number of nitrogens with one attached hydrogen (secondary N) is 2. The average Bonchev–Trinajstić information content (AvgIpc) is 2.81. The van der Waals surface area contributed by atoms with Gasteiger partial charge in [0.2, 0.25) is 5.91 Å². The van der Waals surface area contributed by atoms with Crippen LogP contribution in [0.4, 0.5) is 0 Å². The third-order valence-corrected chi connectivity index (χ3v) is 6.96. The van der Waals surface area contributed by atoms with Crippen molar-refractivity contribution >= 4 is 5.91 Å². The number of piperazine rings is 1. The topological polar surface area (TPSA) is 63.7 Å². The van der Waals surface area contributed by atoms with E-state index in [-0.39, 0.29) is 11.8 Å². The quantitative estimate of drug-likeness (QED) is 0.688. The van der Waals surface area contributed by atoms with Gasteiger partial charge in [-0.05, 0) is 56.9 Å². The lowest BCUT2D eigenvalue weighted by molar-refractivity contribution is -0.127. The second-order valence-electron chi connectivity index (χ2n) is 9.09. The Balaban J connectivity index is 1.17. The molecule has 30 heavy (non-hydrogen) atoms. The van der Waals surface area contributed by atoms with E-state index in [0.717, 1.165) is 84.8 Å². The van der Waals surface area contributed by atoms with Gasteiger partial charge in [0, 0.05) is 70.8 Å². The molecule has 166 valence electrons. The monoisotopic (exact) mass is 414 g/mol. The van der Waals surface area contributed by atoms with Crippen molar-refractivity contribution < 1.29 is 4.79 Å². The van der Waals surface area contributed by atoms with Crippen molar-refractivity contribution in [2.45, 2.75) is 38.3 Å². The molecule has 3 fully saturated rings. The lowest BCUT2D eigenvalue weighted by Gasteiger charge is -2.42. The Kier molecular flexibility index (Phi) is 8.08. The summed E-state index contributed by atoms with van der Waals surface area (Å²) in [4.78, 5) is 24.5. The Morgan fingerprint density at radius 1 is 1.10 bits per heavy atom. The van der Waals surface area contributed by atoms with E-state index in [0.29, 0.717) is 6.04 Å². The van der Waals surface area contributed by atoms with Gasteiger partial charge >= 0.3 is 0 Å². The molecule has 7 nitrogen and oxygen atoms in total. The lowest BCUT2D eigenvalue weighted by Crippen LogP contribution is -2.51. The van der Waals surface area contributed by atoms with Crippen LogP contribution in [-0.4, -0.2) is 97.1 Å². The van der Waals surface area contributed by atoms with Crippen molar-refractivity contribution in [3.05, 3.63) is 30.1 Å². The molecule has 7 heteroatoms. The van der Waals surface area contributed by atoms with Gasteiger partial charge in [0.15, 0.2) is 0 Å². The van der Waals surface area contributed by atoms with E-state index in [9.17, 15) is 4.79 Å². The van der Waals surface area contributed by atoms with Crippen LogP contribution in [0.15, 0.2) is 24.5 Å². The van der Waals surface area contributed by atoms with Crippen molar-refractivity contribution in [1.82, 2.24) is 30.3 Å². The summed E-state index contributed by atoms with van der Waals surface area (Å²) in [7, 11) is 0. The molecule has 1 atom stereocenters. The highest BCUT2D eigenvalue weighted by Crippen LogP contribution is 2.24. The van der Waals surface area contributed by atoms with E-state index < -0.39 is 0 Å². The van der Waals surface area contributed by atoms with Crippen LogP contribution >= 0.6 is 0 Å². The van der Waals surface area contributed by atoms with Crippen LogP contribution < -0.4 is 10.6 Å². The third-order valence-electron chi connectivity index (χ3n) is 6.96. The Hall–Kier alpha value is -1.54. The Morgan fingerprint density at radius 3 is 2.70 bits per heavy atom. The van der Waals surface area contributed by atoms with Gasteiger partial charge in [-0.3, -0.25) is 24.5 Å². The maximum atomic E-state index is 12.7. The van der Waals surface area contributed by atoms with Gasteiger partial charge in [-0.15, -0.1) is 0 Å². The lowest BCUT2D eigenvalue weighted by atomic mass is 9.93. The van der Waals surface area contributed by atoms with Gasteiger partial charge in [-0.25, -0.2) is 0 Å². The first-order chi connectivity index (χ1) is 14.8. The number of pyridine rings is 1. The molecule has 2 N–H and O–H groups in total. The first kappa shape index (κ1) is 21.7. The van der Waals surface area contributed by atoms with Crippen LogP contribution in [0, 0.1) is 5.92 Å². The van der Waals surface area contributed by atoms with Crippen LogP contribution in [-0.2, 0) is 11.3 Å². The fourth-order valence-electron chi connectivity index (χ4n) is 5.16. The van der Waals surface area contributed by atoms with Gasteiger partial charge in [0.25, 0.3) is 0 Å². The summed E-state index contributed by atoms with van der Waals surface area (Å²) in [6.45, 7) is 11.4. The maximum absolute atomic E-state index is 12.7. The van der Waals surface area contributed by atoms with Crippen molar-refractivity contribution in [1.29, 1.82) is 0 Å². The standard InChI is InChI=1S/C23H38N6O/c30-23(26-10-16-27-14-8-24-9-15-27)21-4-2-11-29(19-21)22-5-12-28(13-6-22)18-20-3-1-7-25-17-20/h1,3,7,17,21-22,24H,2,4-6,8-16,18-19H2,(H,26,30)/t21-/m0/s1. The highest BCUT2D eigenvalue weighted by atomic mass is 16.1. The molecule has 0 saturated carbocycles. The van der Waals surface area contributed by atoms with E-state index in [4.69, 9.17) is 0 Å². The molecule has 1 aromatic rings. The zero-order valence-corrected chi connectivity index (χ0v) is 18.3. The smallest absolute Gasteiger partial charge is 0.224 e. The normalized spacial score (nSPS) is 25.3. The molecule has 0 aromatic carbocycles. The highest BCUT2D eigenvalue weighted by molar-refractivity contribution is 5.78. The second-order valence-corrected chi connectivity index (χ2v) is 9.09. The highest BCUT2D eigenvalue weighted by Gasteiger charge is 2.31. The van der Waals surface area contributed by atoms with Crippen LogP contribution in [0.25, 0.3) is 0 Å². The summed E-state index contributed by atoms with van der Waals surface area (Å²) in [6, 6.07) is 4.81. The van der Waals surface area contributed by atoms with E-state index >= 15 is 0 Å². The number of likely N-dealkylation sites (tertiary alicyclic amines) is 2. The number of hydrogen-bond donors (Lipinski definition) is 2. The average molecular weight is 415 g/mol. The van der Waals surface area contributed by atoms with E-state index in [1.54, 1.807) is 0 Å². The SMILES string of the molecule is O=C(NCCN1CCNCC1)[C@H]1CCCN(C2CCN(Cc3cccnc3)CC2)C1. The molecule has 3 aliphatic heterocycles. The number of hydrogen-bond acceptors (Lipinski definition) is 6. The minimum atomic E-state index is 0.162. The fourth-order valence-corrected chi connectivity index (χ4v) is 5.16. The van der Waals surface area contributed by atoms with Crippen LogP contribution in [0.2, 0.25) is 0 Å². The third kappa shape index (κ3) is 6.23. The predicted molar refractivity (Wildman–Crippen MR) is 119 cm³/mol. The number of rotatable bonds is 7. The number of piperidine rings is 2. The summed E-state index contributed by atoms with van der Waals surface area (Å²) in [5.74, 6) is 0.430. The maximum Gasteiger partial charge on any atom is 0.224 e. The Morgan fingerprint density at radius 2 is 1.93 bits per heavy atom. The van der Waals surface area contributed by atoms with Crippen LogP contribution in [0.1, 0.15) is 31.2 Å². The predicted octanol–water partition coefficient (Wildman–Crippen LogP) is 0.779. The number of nitrogens with zero attached hydrogens (tertiary/aromatic N) is 4. The van der Waals surface area contributed by atoms with Gasteiger partial charge in [-0.2, -0.15) is 0 Å². The molecule has 0 spiro atoms. The molecule has 4 heterocycles. The summed E-state index contributed by atoms with van der Waals surface area (Å²) < 4.78 is 0.